The van der Waals surface area contributed by atoms with Crippen LogP contribution in [0, 0.1) is 17.4 Å². The van der Waals surface area contributed by atoms with Crippen LogP contribution in [-0.4, -0.2) is 54.9 Å². The molecule has 2 heterocycles. The maximum Gasteiger partial charge on any atom is 0.253 e. The van der Waals surface area contributed by atoms with Gasteiger partial charge in [0, 0.05) is 35.3 Å². The van der Waals surface area contributed by atoms with Crippen molar-refractivity contribution in [3.05, 3.63) is 44.9 Å². The molecule has 0 radical (unpaired) electrons. The van der Waals surface area contributed by atoms with Crippen molar-refractivity contribution in [2.24, 2.45) is 0 Å². The number of hydrogen-bond donors (Lipinski definition) is 0. The fourth-order valence-corrected chi connectivity index (χ4v) is 5.16. The van der Waals surface area contributed by atoms with Gasteiger partial charge >= 0.3 is 0 Å². The minimum Gasteiger partial charge on any atom is -0.360 e. The van der Waals surface area contributed by atoms with E-state index >= 15 is 0 Å². The Bertz CT molecular complexity index is 882. The first-order chi connectivity index (χ1) is 11.8. The van der Waals surface area contributed by atoms with Gasteiger partial charge in [-0.1, -0.05) is 11.2 Å². The van der Waals surface area contributed by atoms with E-state index < -0.39 is 10.0 Å². The Morgan fingerprint density at radius 2 is 1.88 bits per heavy atom. The molecule has 0 bridgehead atoms. The predicted molar refractivity (Wildman–Crippen MR) is 99.8 cm³/mol. The quantitative estimate of drug-likeness (QED) is 0.635. The number of hydrogen-bond acceptors (Lipinski definition) is 5. The number of carbonyl (C=O) groups is 1. The lowest BCUT2D eigenvalue weighted by Gasteiger charge is -2.34. The van der Waals surface area contributed by atoms with Gasteiger partial charge in [-0.15, -0.1) is 0 Å². The summed E-state index contributed by atoms with van der Waals surface area (Å²) >= 11 is 2.16. The molecule has 0 aliphatic carbocycles. The average Bonchev–Trinajstić information content (AvgIpc) is 2.93. The Labute approximate surface area is 160 Å². The number of halogens is 1. The van der Waals surface area contributed by atoms with Crippen LogP contribution < -0.4 is 0 Å². The molecule has 2 aromatic rings. The van der Waals surface area contributed by atoms with Gasteiger partial charge in [0.2, 0.25) is 10.0 Å². The van der Waals surface area contributed by atoms with Crippen LogP contribution in [0.3, 0.4) is 0 Å². The van der Waals surface area contributed by atoms with Crippen LogP contribution in [0.4, 0.5) is 0 Å². The first kappa shape index (κ1) is 18.3. The minimum atomic E-state index is -3.66. The molecule has 1 aliphatic heterocycles. The lowest BCUT2D eigenvalue weighted by molar-refractivity contribution is 0.0697. The topological polar surface area (TPSA) is 83.7 Å². The van der Waals surface area contributed by atoms with E-state index in [2.05, 4.69) is 27.7 Å². The third-order valence-corrected chi connectivity index (χ3v) is 6.98. The minimum absolute atomic E-state index is 0.0760. The van der Waals surface area contributed by atoms with Crippen molar-refractivity contribution in [2.45, 2.75) is 18.7 Å². The highest BCUT2D eigenvalue weighted by Gasteiger charge is 2.34. The van der Waals surface area contributed by atoms with Crippen molar-refractivity contribution >= 4 is 38.5 Å². The fraction of sp³-hybridized carbons (Fsp3) is 0.375. The molecular formula is C16H18IN3O4S. The number of benzene rings is 1. The number of aromatic nitrogens is 1. The average molecular weight is 475 g/mol. The first-order valence-corrected chi connectivity index (χ1v) is 10.3. The SMILES string of the molecule is Cc1noc(C)c1S(=O)(=O)N1CCN(C(=O)c2cccc(I)c2)CC1. The van der Waals surface area contributed by atoms with Gasteiger partial charge in [0.05, 0.1) is 0 Å². The molecule has 1 aromatic heterocycles. The lowest BCUT2D eigenvalue weighted by Crippen LogP contribution is -2.50. The van der Waals surface area contributed by atoms with E-state index in [9.17, 15) is 13.2 Å². The Hall–Kier alpha value is -1.46. The number of aryl methyl sites for hydroxylation is 2. The summed E-state index contributed by atoms with van der Waals surface area (Å²) in [6.45, 7) is 4.41. The van der Waals surface area contributed by atoms with Crippen molar-refractivity contribution < 1.29 is 17.7 Å². The molecule has 1 amide bonds. The molecule has 9 heteroatoms. The predicted octanol–water partition coefficient (Wildman–Crippen LogP) is 2.04. The van der Waals surface area contributed by atoms with Crippen molar-refractivity contribution in [3.8, 4) is 0 Å². The van der Waals surface area contributed by atoms with Crippen molar-refractivity contribution in [1.82, 2.24) is 14.4 Å². The molecule has 1 saturated heterocycles. The van der Waals surface area contributed by atoms with Crippen LogP contribution >= 0.6 is 22.6 Å². The van der Waals surface area contributed by atoms with E-state index in [1.54, 1.807) is 24.8 Å². The molecule has 0 N–H and O–H groups in total. The van der Waals surface area contributed by atoms with Gasteiger partial charge in [-0.25, -0.2) is 8.42 Å². The summed E-state index contributed by atoms with van der Waals surface area (Å²) in [5.41, 5.74) is 0.976. The van der Waals surface area contributed by atoms with Gasteiger partial charge in [0.15, 0.2) is 5.76 Å². The molecule has 1 fully saturated rings. The molecule has 0 unspecified atom stereocenters. The second kappa shape index (κ2) is 7.04. The Kier molecular flexibility index (Phi) is 5.16. The molecule has 1 aromatic carbocycles. The number of sulfonamides is 1. The van der Waals surface area contributed by atoms with E-state index in [1.165, 1.54) is 4.31 Å². The number of piperazine rings is 1. The zero-order valence-electron chi connectivity index (χ0n) is 13.9. The first-order valence-electron chi connectivity index (χ1n) is 7.78. The molecule has 7 nitrogen and oxygen atoms in total. The summed E-state index contributed by atoms with van der Waals surface area (Å²) in [6.07, 6.45) is 0. The molecule has 0 atom stereocenters. The molecule has 1 aliphatic rings. The van der Waals surface area contributed by atoms with Gasteiger partial charge in [-0.3, -0.25) is 4.79 Å². The van der Waals surface area contributed by atoms with Gasteiger partial charge in [0.1, 0.15) is 10.6 Å². The normalized spacial score (nSPS) is 16.2. The number of carbonyl (C=O) groups excluding carboxylic acids is 1. The van der Waals surface area contributed by atoms with Gasteiger partial charge in [-0.05, 0) is 54.6 Å². The standard InChI is InChI=1S/C16H18IN3O4S/c1-11-15(12(2)24-18-11)25(22,23)20-8-6-19(7-9-20)16(21)13-4-3-5-14(17)10-13/h3-5,10H,6-9H2,1-2H3. The number of nitrogens with zero attached hydrogens (tertiary/aromatic N) is 3. The zero-order valence-corrected chi connectivity index (χ0v) is 16.9. The van der Waals surface area contributed by atoms with Gasteiger partial charge < -0.3 is 9.42 Å². The van der Waals surface area contributed by atoms with Gasteiger partial charge in [0.25, 0.3) is 5.91 Å². The van der Waals surface area contributed by atoms with E-state index in [0.717, 1.165) is 3.57 Å². The van der Waals surface area contributed by atoms with Crippen molar-refractivity contribution in [1.29, 1.82) is 0 Å². The van der Waals surface area contributed by atoms with Crippen LogP contribution in [0.5, 0.6) is 0 Å². The summed E-state index contributed by atoms with van der Waals surface area (Å²) in [4.78, 5) is 14.4. The molecule has 0 saturated carbocycles. The second-order valence-electron chi connectivity index (χ2n) is 5.86. The monoisotopic (exact) mass is 475 g/mol. The fourth-order valence-electron chi connectivity index (χ4n) is 2.91. The molecule has 134 valence electrons. The van der Waals surface area contributed by atoms with Crippen LogP contribution in [0.25, 0.3) is 0 Å². The summed E-state index contributed by atoms with van der Waals surface area (Å²) < 4.78 is 33.0. The largest absolute Gasteiger partial charge is 0.360 e. The van der Waals surface area contributed by atoms with E-state index in [4.69, 9.17) is 4.52 Å². The maximum absolute atomic E-state index is 12.8. The van der Waals surface area contributed by atoms with Crippen molar-refractivity contribution in [2.75, 3.05) is 26.2 Å². The molecule has 3 rings (SSSR count). The summed E-state index contributed by atoms with van der Waals surface area (Å²) in [5.74, 6) is 0.211. The van der Waals surface area contributed by atoms with Crippen LogP contribution in [0.2, 0.25) is 0 Å². The Balaban J connectivity index is 1.73. The third-order valence-electron chi connectivity index (χ3n) is 4.16. The highest BCUT2D eigenvalue weighted by Crippen LogP contribution is 2.24. The molecule has 25 heavy (non-hydrogen) atoms. The smallest absolute Gasteiger partial charge is 0.253 e. The van der Waals surface area contributed by atoms with E-state index in [1.807, 2.05) is 18.2 Å². The molecule has 0 spiro atoms. The summed E-state index contributed by atoms with van der Waals surface area (Å²) in [6, 6.07) is 7.37. The van der Waals surface area contributed by atoms with Crippen LogP contribution in [-0.2, 0) is 10.0 Å². The summed E-state index contributed by atoms with van der Waals surface area (Å²) in [5, 5.41) is 3.72. The lowest BCUT2D eigenvalue weighted by atomic mass is 10.2. The van der Waals surface area contributed by atoms with E-state index in [0.29, 0.717) is 24.3 Å². The third kappa shape index (κ3) is 3.58. The summed E-state index contributed by atoms with van der Waals surface area (Å²) in [7, 11) is -3.66. The Morgan fingerprint density at radius 3 is 2.44 bits per heavy atom. The van der Waals surface area contributed by atoms with E-state index in [-0.39, 0.29) is 29.7 Å². The second-order valence-corrected chi connectivity index (χ2v) is 8.98. The van der Waals surface area contributed by atoms with Gasteiger partial charge in [-0.2, -0.15) is 4.31 Å². The van der Waals surface area contributed by atoms with Crippen molar-refractivity contribution in [3.63, 3.8) is 0 Å². The highest BCUT2D eigenvalue weighted by molar-refractivity contribution is 14.1. The highest BCUT2D eigenvalue weighted by atomic mass is 127. The van der Waals surface area contributed by atoms with Crippen LogP contribution in [0.1, 0.15) is 21.8 Å². The Morgan fingerprint density at radius 1 is 1.20 bits per heavy atom. The maximum atomic E-state index is 12.8. The number of rotatable bonds is 3. The zero-order chi connectivity index (χ0) is 18.2. The molecular weight excluding hydrogens is 457 g/mol. The van der Waals surface area contributed by atoms with Crippen LogP contribution in [0.15, 0.2) is 33.7 Å². The number of amides is 1.